The number of amides is 1. The van der Waals surface area contributed by atoms with Gasteiger partial charge in [-0.2, -0.15) is 0 Å². The molecule has 0 spiro atoms. The summed E-state index contributed by atoms with van der Waals surface area (Å²) in [4.78, 5) is 36.5. The van der Waals surface area contributed by atoms with Crippen molar-refractivity contribution in [1.29, 1.82) is 0 Å². The molecular weight excluding hydrogens is 310 g/mol. The second kappa shape index (κ2) is 9.77. The van der Waals surface area contributed by atoms with E-state index in [0.29, 0.717) is 12.5 Å². The largest absolute Gasteiger partial charge is 0.464 e. The highest BCUT2D eigenvalue weighted by Crippen LogP contribution is 2.28. The Labute approximate surface area is 148 Å². The Balaban J connectivity index is 2.69. The maximum Gasteiger partial charge on any atom is 0.338 e. The van der Waals surface area contributed by atoms with Gasteiger partial charge in [0.05, 0.1) is 6.61 Å². The van der Waals surface area contributed by atoms with Gasteiger partial charge in [0.1, 0.15) is 0 Å². The average Bonchev–Trinajstić information content (AvgIpc) is 3.33. The Morgan fingerprint density at radius 1 is 1.21 bits per heavy atom. The van der Waals surface area contributed by atoms with Gasteiger partial charge in [0.2, 0.25) is 5.91 Å². The van der Waals surface area contributed by atoms with Crippen LogP contribution in [0.4, 0.5) is 0 Å². The Hall–Kier alpha value is -1.43. The van der Waals surface area contributed by atoms with E-state index in [2.05, 4.69) is 5.32 Å². The Morgan fingerprint density at radius 2 is 1.92 bits per heavy atom. The first kappa shape index (κ1) is 16.1. The number of Topliss-reactive ketones (excluding diaryl/α,β-unsaturated/α-hetero) is 1. The summed E-state index contributed by atoms with van der Waals surface area (Å²) in [6.07, 6.45) is -1.13. The van der Waals surface area contributed by atoms with E-state index in [0.717, 1.165) is 6.42 Å². The fourth-order valence-electron chi connectivity index (χ4n) is 2.46. The van der Waals surface area contributed by atoms with E-state index in [1.54, 1.807) is 13.8 Å². The summed E-state index contributed by atoms with van der Waals surface area (Å²) in [7, 11) is 0. The summed E-state index contributed by atoms with van der Waals surface area (Å²) >= 11 is 0. The zero-order valence-electron chi connectivity index (χ0n) is 18.0. The number of hydrogen-bond donors (Lipinski definition) is 1. The highest BCUT2D eigenvalue weighted by Gasteiger charge is 2.51. The number of nitrogens with one attached hydrogen (secondary N) is 1. The van der Waals surface area contributed by atoms with Gasteiger partial charge in [0.25, 0.3) is 0 Å². The fraction of sp³-hybridized carbons (Fsp3) is 0.833. The summed E-state index contributed by atoms with van der Waals surface area (Å²) in [6, 6.07) is 0. The van der Waals surface area contributed by atoms with Crippen LogP contribution in [0.5, 0.6) is 0 Å². The lowest BCUT2D eigenvalue weighted by atomic mass is 9.90. The van der Waals surface area contributed by atoms with Gasteiger partial charge in [-0.3, -0.25) is 9.59 Å². The molecule has 1 fully saturated rings. The maximum atomic E-state index is 12.5. The molecule has 1 amide bonds. The number of ether oxygens (including phenoxy) is 2. The molecule has 1 rings (SSSR count). The monoisotopic (exact) mass is 344 g/mol. The number of epoxide rings is 1. The second-order valence-corrected chi connectivity index (χ2v) is 6.71. The van der Waals surface area contributed by atoms with Crippen molar-refractivity contribution in [3.05, 3.63) is 0 Å². The van der Waals surface area contributed by atoms with E-state index < -0.39 is 36.9 Å². The van der Waals surface area contributed by atoms with E-state index in [9.17, 15) is 14.4 Å². The van der Waals surface area contributed by atoms with E-state index in [1.165, 1.54) is 0 Å². The van der Waals surface area contributed by atoms with E-state index in [-0.39, 0.29) is 31.1 Å². The molecule has 1 heterocycles. The Morgan fingerprint density at radius 3 is 2.50 bits per heavy atom. The SMILES string of the molecule is [2H]C([2H])([2H])C(C)C[C@H](CC(=O)[C@H]1O[C@@H]1C(=O)OCC)C(=O)NCCC(C)C. The van der Waals surface area contributed by atoms with Gasteiger partial charge < -0.3 is 14.8 Å². The Kier molecular flexibility index (Phi) is 6.54. The lowest BCUT2D eigenvalue weighted by Crippen LogP contribution is -2.35. The van der Waals surface area contributed by atoms with Crippen LogP contribution in [-0.4, -0.2) is 43.0 Å². The second-order valence-electron chi connectivity index (χ2n) is 6.71. The first-order valence-corrected chi connectivity index (χ1v) is 8.59. The highest BCUT2D eigenvalue weighted by molar-refractivity contribution is 5.96. The van der Waals surface area contributed by atoms with Crippen molar-refractivity contribution < 1.29 is 28.0 Å². The standard InChI is InChI=1S/C18H31NO5/c1-6-23-18(22)16-15(24-16)14(20)10-13(9-12(4)5)17(21)19-8-7-11(2)3/h11-13,15-16H,6-10H2,1-5H3,(H,19,21)/t13-,15-,16+/m1/s1/i4D3/t12?,13-,15-,16+. The zero-order chi connectivity index (χ0) is 20.8. The molecule has 6 heteroatoms. The van der Waals surface area contributed by atoms with E-state index >= 15 is 0 Å². The smallest absolute Gasteiger partial charge is 0.338 e. The highest BCUT2D eigenvalue weighted by atomic mass is 16.6. The molecule has 1 saturated heterocycles. The maximum absolute atomic E-state index is 12.5. The molecule has 0 aromatic heterocycles. The van der Waals surface area contributed by atoms with Gasteiger partial charge in [-0.1, -0.05) is 27.6 Å². The topological polar surface area (TPSA) is 85.0 Å². The molecule has 4 atom stereocenters. The van der Waals surface area contributed by atoms with Crippen molar-refractivity contribution in [3.63, 3.8) is 0 Å². The third-order valence-corrected chi connectivity index (χ3v) is 3.81. The van der Waals surface area contributed by atoms with Crippen LogP contribution in [0.1, 0.15) is 57.9 Å². The number of rotatable bonds is 11. The lowest BCUT2D eigenvalue weighted by molar-refractivity contribution is -0.144. The van der Waals surface area contributed by atoms with Crippen LogP contribution in [0.25, 0.3) is 0 Å². The molecule has 6 nitrogen and oxygen atoms in total. The third-order valence-electron chi connectivity index (χ3n) is 3.81. The summed E-state index contributed by atoms with van der Waals surface area (Å²) in [5.74, 6) is -2.40. The van der Waals surface area contributed by atoms with Crippen LogP contribution < -0.4 is 5.32 Å². The molecule has 0 radical (unpaired) electrons. The molecule has 0 aromatic carbocycles. The average molecular weight is 344 g/mol. The first-order valence-electron chi connectivity index (χ1n) is 10.1. The third kappa shape index (κ3) is 6.99. The van der Waals surface area contributed by atoms with E-state index in [1.807, 2.05) is 13.8 Å². The molecule has 1 N–H and O–H groups in total. The number of hydrogen-bond acceptors (Lipinski definition) is 5. The Bertz CT molecular complexity index is 536. The predicted octanol–water partition coefficient (Wildman–Crippen LogP) is 2.10. The molecule has 1 unspecified atom stereocenters. The van der Waals surface area contributed by atoms with Crippen LogP contribution in [0.2, 0.25) is 0 Å². The number of esters is 1. The summed E-state index contributed by atoms with van der Waals surface area (Å²) in [6.45, 7) is 5.72. The quantitative estimate of drug-likeness (QED) is 0.458. The zero-order valence-corrected chi connectivity index (χ0v) is 15.0. The van der Waals surface area contributed by atoms with Gasteiger partial charge in [0, 0.05) is 23.0 Å². The minimum atomic E-state index is -2.21. The van der Waals surface area contributed by atoms with Crippen molar-refractivity contribution >= 4 is 17.7 Å². The lowest BCUT2D eigenvalue weighted by Gasteiger charge is -2.18. The van der Waals surface area contributed by atoms with Gasteiger partial charge >= 0.3 is 5.97 Å². The van der Waals surface area contributed by atoms with Gasteiger partial charge in [0.15, 0.2) is 18.0 Å². The fourth-order valence-corrected chi connectivity index (χ4v) is 2.46. The van der Waals surface area contributed by atoms with Crippen LogP contribution in [-0.2, 0) is 23.9 Å². The van der Waals surface area contributed by atoms with Crippen molar-refractivity contribution in [3.8, 4) is 0 Å². The van der Waals surface area contributed by atoms with Crippen LogP contribution in [0.15, 0.2) is 0 Å². The van der Waals surface area contributed by atoms with Crippen LogP contribution >= 0.6 is 0 Å². The molecule has 0 bridgehead atoms. The number of carbonyl (C=O) groups excluding carboxylic acids is 3. The normalized spacial score (nSPS) is 24.3. The molecule has 138 valence electrons. The molecule has 0 saturated carbocycles. The molecule has 0 aromatic rings. The van der Waals surface area contributed by atoms with E-state index in [4.69, 9.17) is 13.6 Å². The van der Waals surface area contributed by atoms with Gasteiger partial charge in [-0.15, -0.1) is 0 Å². The number of carbonyl (C=O) groups is 3. The molecule has 0 aliphatic carbocycles. The summed E-state index contributed by atoms with van der Waals surface area (Å²) in [5.41, 5.74) is 0. The minimum Gasteiger partial charge on any atom is -0.464 e. The molecule has 1 aliphatic rings. The summed E-state index contributed by atoms with van der Waals surface area (Å²) < 4.78 is 32.4. The van der Waals surface area contributed by atoms with Crippen molar-refractivity contribution in [2.24, 2.45) is 17.8 Å². The van der Waals surface area contributed by atoms with Crippen molar-refractivity contribution in [2.75, 3.05) is 13.2 Å². The van der Waals surface area contributed by atoms with Crippen molar-refractivity contribution in [2.45, 2.75) is 66.0 Å². The summed E-state index contributed by atoms with van der Waals surface area (Å²) in [5, 5.41) is 2.78. The first-order chi connectivity index (χ1) is 12.5. The van der Waals surface area contributed by atoms with Gasteiger partial charge in [-0.25, -0.2) is 4.79 Å². The molecule has 1 aliphatic heterocycles. The van der Waals surface area contributed by atoms with Crippen LogP contribution in [0, 0.1) is 17.8 Å². The van der Waals surface area contributed by atoms with Gasteiger partial charge in [-0.05, 0) is 31.6 Å². The molecule has 24 heavy (non-hydrogen) atoms. The minimum absolute atomic E-state index is 0.0620. The predicted molar refractivity (Wildman–Crippen MR) is 90.3 cm³/mol. The van der Waals surface area contributed by atoms with Crippen LogP contribution in [0.3, 0.4) is 0 Å². The number of ketones is 1. The molecular formula is C18H31NO5. The van der Waals surface area contributed by atoms with Crippen molar-refractivity contribution in [1.82, 2.24) is 5.32 Å².